The van der Waals surface area contributed by atoms with Crippen molar-refractivity contribution >= 4 is 0 Å². The van der Waals surface area contributed by atoms with Crippen molar-refractivity contribution < 1.29 is 5.03 Å². The average molecular weight is 104 g/mol. The Bertz CT molecular complexity index is 64.0. The third-order valence-electron chi connectivity index (χ3n) is 0.345. The van der Waals surface area contributed by atoms with E-state index in [2.05, 4.69) is 5.43 Å². The van der Waals surface area contributed by atoms with Crippen LogP contribution in [0.1, 0.15) is 0 Å². The van der Waals surface area contributed by atoms with Crippen molar-refractivity contribution in [3.05, 3.63) is 15.5 Å². The summed E-state index contributed by atoms with van der Waals surface area (Å²) in [7, 11) is 0. The van der Waals surface area contributed by atoms with Crippen LogP contribution in [0.4, 0.5) is 0 Å². The fourth-order valence-electron chi connectivity index (χ4n) is 0.139. The van der Waals surface area contributed by atoms with Gasteiger partial charge in [0.2, 0.25) is 0 Å². The van der Waals surface area contributed by atoms with Gasteiger partial charge in [0.15, 0.2) is 0 Å². The van der Waals surface area contributed by atoms with Gasteiger partial charge in [-0.2, -0.15) is 0 Å². The second-order valence-electron chi connectivity index (χ2n) is 0.892. The highest BCUT2D eigenvalue weighted by Gasteiger charge is 1.71. The lowest BCUT2D eigenvalue weighted by Crippen LogP contribution is -2.06. The van der Waals surface area contributed by atoms with Gasteiger partial charge in [0.05, 0.1) is 0 Å². The fraction of sp³-hybridized carbons (Fsp3) is 1.00. The summed E-state index contributed by atoms with van der Waals surface area (Å²) in [5.74, 6) is 0. The quantitative estimate of drug-likeness (QED) is 0.387. The summed E-state index contributed by atoms with van der Waals surface area (Å²) in [6.07, 6.45) is 0. The summed E-state index contributed by atoms with van der Waals surface area (Å²) in [6.45, 7) is 0.341. The summed E-state index contributed by atoms with van der Waals surface area (Å²) in [4.78, 5) is 9.34. The van der Waals surface area contributed by atoms with Crippen LogP contribution < -0.4 is 5.73 Å². The van der Waals surface area contributed by atoms with Gasteiger partial charge in [-0.05, 0) is 11.6 Å². The molecule has 0 saturated heterocycles. The molecule has 0 heterocycles. The summed E-state index contributed by atoms with van der Waals surface area (Å²) in [5, 5.41) is 8.60. The molecular formula is C2H6N3O2-. The first-order valence-corrected chi connectivity index (χ1v) is 1.79. The topological polar surface area (TPSA) is 83.3 Å². The van der Waals surface area contributed by atoms with Gasteiger partial charge in [0.25, 0.3) is 0 Å². The first kappa shape index (κ1) is 6.16. The SMILES string of the molecule is NCC[N-][N+](=O)[O-]. The fourth-order valence-corrected chi connectivity index (χ4v) is 0.139. The number of hydrogen-bond acceptors (Lipinski definition) is 3. The van der Waals surface area contributed by atoms with Crippen LogP contribution >= 0.6 is 0 Å². The van der Waals surface area contributed by atoms with Gasteiger partial charge < -0.3 is 11.2 Å². The smallest absolute Gasteiger partial charge is 0.0126 e. The maximum Gasteiger partial charge on any atom is -0.0126 e. The molecule has 0 aliphatic rings. The van der Waals surface area contributed by atoms with E-state index in [0.29, 0.717) is 0 Å². The van der Waals surface area contributed by atoms with Crippen molar-refractivity contribution in [2.45, 2.75) is 0 Å². The van der Waals surface area contributed by atoms with E-state index in [0.717, 1.165) is 0 Å². The summed E-state index contributed by atoms with van der Waals surface area (Å²) < 4.78 is 0. The number of nitrogens with two attached hydrogens (primary N) is 1. The molecule has 0 aromatic carbocycles. The number of rotatable bonds is 3. The van der Waals surface area contributed by atoms with E-state index < -0.39 is 5.03 Å². The van der Waals surface area contributed by atoms with Crippen LogP contribution in [0.15, 0.2) is 0 Å². The lowest BCUT2D eigenvalue weighted by Gasteiger charge is -2.03. The molecule has 0 radical (unpaired) electrons. The standard InChI is InChI=1S/C2H6N3O2/c3-1-2-4-5(6)7/h1-3H2/q-1. The zero-order chi connectivity index (χ0) is 5.70. The Hall–Kier alpha value is -0.840. The highest BCUT2D eigenvalue weighted by Crippen LogP contribution is 1.79. The molecule has 0 spiro atoms. The molecule has 42 valence electrons. The van der Waals surface area contributed by atoms with Crippen LogP contribution in [-0.2, 0) is 0 Å². The second kappa shape index (κ2) is 3.35. The number of nitrogens with zero attached hydrogens (tertiary/aromatic N) is 2. The lowest BCUT2D eigenvalue weighted by molar-refractivity contribution is -0.426. The molecule has 0 aliphatic heterocycles. The minimum Gasteiger partial charge on any atom is -0.378 e. The first-order valence-electron chi connectivity index (χ1n) is 1.79. The highest BCUT2D eigenvalue weighted by molar-refractivity contribution is 4.58. The van der Waals surface area contributed by atoms with E-state index in [1.54, 1.807) is 0 Å². The van der Waals surface area contributed by atoms with Gasteiger partial charge >= 0.3 is 0 Å². The lowest BCUT2D eigenvalue weighted by atomic mass is 10.7. The molecule has 0 rings (SSSR count). The Balaban J connectivity index is 2.82. The van der Waals surface area contributed by atoms with Crippen molar-refractivity contribution in [1.82, 2.24) is 0 Å². The molecular weight excluding hydrogens is 98.0 g/mol. The molecule has 0 fully saturated rings. The molecule has 0 saturated carbocycles. The Morgan fingerprint density at radius 3 is 2.57 bits per heavy atom. The molecule has 0 aromatic rings. The van der Waals surface area contributed by atoms with E-state index in [-0.39, 0.29) is 13.1 Å². The van der Waals surface area contributed by atoms with Crippen molar-refractivity contribution in [2.75, 3.05) is 13.1 Å². The predicted molar refractivity (Wildman–Crippen MR) is 24.3 cm³/mol. The minimum atomic E-state index is -0.743. The van der Waals surface area contributed by atoms with Gasteiger partial charge in [0.1, 0.15) is 0 Å². The van der Waals surface area contributed by atoms with Gasteiger partial charge in [-0.3, -0.25) is 10.1 Å². The molecule has 7 heavy (non-hydrogen) atoms. The summed E-state index contributed by atoms with van der Waals surface area (Å²) in [6, 6.07) is 0. The number of nitro groups is 1. The Morgan fingerprint density at radius 2 is 2.43 bits per heavy atom. The Morgan fingerprint density at radius 1 is 1.86 bits per heavy atom. The van der Waals surface area contributed by atoms with E-state index in [9.17, 15) is 10.1 Å². The van der Waals surface area contributed by atoms with Crippen molar-refractivity contribution in [1.29, 1.82) is 0 Å². The molecule has 5 nitrogen and oxygen atoms in total. The maximum absolute atomic E-state index is 9.34. The van der Waals surface area contributed by atoms with Crippen molar-refractivity contribution in [3.8, 4) is 0 Å². The zero-order valence-electron chi connectivity index (χ0n) is 3.70. The van der Waals surface area contributed by atoms with Crippen LogP contribution in [0.5, 0.6) is 0 Å². The van der Waals surface area contributed by atoms with Crippen LogP contribution in [0, 0.1) is 10.1 Å². The molecule has 0 aromatic heterocycles. The maximum atomic E-state index is 9.34. The Labute approximate surface area is 40.6 Å². The third-order valence-corrected chi connectivity index (χ3v) is 0.345. The van der Waals surface area contributed by atoms with E-state index in [4.69, 9.17) is 5.73 Å². The first-order chi connectivity index (χ1) is 3.27. The van der Waals surface area contributed by atoms with E-state index in [1.165, 1.54) is 0 Å². The molecule has 0 unspecified atom stereocenters. The molecule has 0 atom stereocenters. The molecule has 0 aliphatic carbocycles. The van der Waals surface area contributed by atoms with Gasteiger partial charge in [-0.15, -0.1) is 0 Å². The van der Waals surface area contributed by atoms with Crippen LogP contribution in [0.2, 0.25) is 0 Å². The Kier molecular flexibility index (Phi) is 2.95. The molecule has 0 bridgehead atoms. The highest BCUT2D eigenvalue weighted by atomic mass is 16.7. The third kappa shape index (κ3) is 5.16. The summed E-state index contributed by atoms with van der Waals surface area (Å²) in [5.41, 5.74) is 7.72. The molecule has 5 heteroatoms. The average Bonchev–Trinajstić information content (AvgIpc) is 1.61. The molecule has 2 N–H and O–H groups in total. The van der Waals surface area contributed by atoms with Gasteiger partial charge in [-0.1, -0.05) is 6.54 Å². The van der Waals surface area contributed by atoms with Crippen molar-refractivity contribution in [2.24, 2.45) is 5.73 Å². The predicted octanol–water partition coefficient (Wildman–Crippen LogP) is -0.490. The monoisotopic (exact) mass is 104 g/mol. The molecule has 0 amide bonds. The van der Waals surface area contributed by atoms with Gasteiger partial charge in [-0.25, -0.2) is 0 Å². The van der Waals surface area contributed by atoms with Crippen LogP contribution in [0.3, 0.4) is 0 Å². The van der Waals surface area contributed by atoms with E-state index >= 15 is 0 Å². The zero-order valence-corrected chi connectivity index (χ0v) is 3.70. The normalized spacial score (nSPS) is 8.14. The number of hydrogen-bond donors (Lipinski definition) is 1. The van der Waals surface area contributed by atoms with E-state index in [1.807, 2.05) is 0 Å². The van der Waals surface area contributed by atoms with Gasteiger partial charge in [0, 0.05) is 0 Å². The minimum absolute atomic E-state index is 0.104. The van der Waals surface area contributed by atoms with Crippen LogP contribution in [0.25, 0.3) is 5.43 Å². The van der Waals surface area contributed by atoms with Crippen LogP contribution in [-0.4, -0.2) is 18.1 Å². The second-order valence-corrected chi connectivity index (χ2v) is 0.892. The largest absolute Gasteiger partial charge is 0.378 e. The van der Waals surface area contributed by atoms with Crippen molar-refractivity contribution in [3.63, 3.8) is 0 Å². The summed E-state index contributed by atoms with van der Waals surface area (Å²) >= 11 is 0.